The fourth-order valence-corrected chi connectivity index (χ4v) is 2.00. The molecule has 64 valence electrons. The Kier molecular flexibility index (Phi) is 1.87. The maximum absolute atomic E-state index is 5.98. The van der Waals surface area contributed by atoms with Crippen molar-refractivity contribution in [2.45, 2.75) is 18.5 Å². The standard InChI is InChI=1S/C10H14N2/c1-12-10-8-5-3-2-4-7(8)6-9(10)11/h2-5,9-10,12H,6,11H2,1H3. The molecule has 0 spiro atoms. The molecule has 2 nitrogen and oxygen atoms in total. The van der Waals surface area contributed by atoms with E-state index in [2.05, 4.69) is 29.6 Å². The summed E-state index contributed by atoms with van der Waals surface area (Å²) in [5.41, 5.74) is 8.74. The van der Waals surface area contributed by atoms with Gasteiger partial charge in [0.05, 0.1) is 0 Å². The van der Waals surface area contributed by atoms with E-state index in [4.69, 9.17) is 5.73 Å². The van der Waals surface area contributed by atoms with Gasteiger partial charge in [-0.2, -0.15) is 0 Å². The summed E-state index contributed by atoms with van der Waals surface area (Å²) in [5, 5.41) is 3.24. The van der Waals surface area contributed by atoms with Gasteiger partial charge < -0.3 is 11.1 Å². The quantitative estimate of drug-likeness (QED) is 0.642. The first-order valence-electron chi connectivity index (χ1n) is 4.33. The number of hydrogen-bond acceptors (Lipinski definition) is 2. The zero-order valence-electron chi connectivity index (χ0n) is 7.25. The van der Waals surface area contributed by atoms with Gasteiger partial charge in [-0.15, -0.1) is 0 Å². The van der Waals surface area contributed by atoms with Crippen LogP contribution in [0.4, 0.5) is 0 Å². The molecule has 0 aliphatic heterocycles. The van der Waals surface area contributed by atoms with Crippen LogP contribution in [0.5, 0.6) is 0 Å². The van der Waals surface area contributed by atoms with Crippen molar-refractivity contribution in [3.63, 3.8) is 0 Å². The molecule has 3 N–H and O–H groups in total. The van der Waals surface area contributed by atoms with Crippen LogP contribution in [0.1, 0.15) is 17.2 Å². The summed E-state index contributed by atoms with van der Waals surface area (Å²) in [6.07, 6.45) is 1.00. The molecule has 1 aliphatic rings. The average Bonchev–Trinajstić information content (AvgIpc) is 2.40. The predicted octanol–water partition coefficient (Wildman–Crippen LogP) is 0.830. The zero-order chi connectivity index (χ0) is 8.55. The Bertz CT molecular complexity index is 283. The van der Waals surface area contributed by atoms with Crippen LogP contribution >= 0.6 is 0 Å². The van der Waals surface area contributed by atoms with E-state index in [-0.39, 0.29) is 6.04 Å². The summed E-state index contributed by atoms with van der Waals surface area (Å²) in [7, 11) is 1.96. The summed E-state index contributed by atoms with van der Waals surface area (Å²) < 4.78 is 0. The van der Waals surface area contributed by atoms with Gasteiger partial charge in [-0.05, 0) is 24.6 Å². The second-order valence-corrected chi connectivity index (χ2v) is 3.33. The zero-order valence-corrected chi connectivity index (χ0v) is 7.25. The molecule has 1 aliphatic carbocycles. The third-order valence-electron chi connectivity index (χ3n) is 2.58. The summed E-state index contributed by atoms with van der Waals surface area (Å²) in [5.74, 6) is 0. The van der Waals surface area contributed by atoms with Crippen molar-refractivity contribution < 1.29 is 0 Å². The molecule has 0 radical (unpaired) electrons. The molecule has 0 saturated carbocycles. The van der Waals surface area contributed by atoms with Crippen LogP contribution < -0.4 is 11.1 Å². The lowest BCUT2D eigenvalue weighted by Gasteiger charge is -2.14. The summed E-state index contributed by atoms with van der Waals surface area (Å²) in [6, 6.07) is 9.05. The smallest absolute Gasteiger partial charge is 0.0477 e. The van der Waals surface area contributed by atoms with Gasteiger partial charge in [-0.1, -0.05) is 24.3 Å². The topological polar surface area (TPSA) is 38.0 Å². The molecular weight excluding hydrogens is 148 g/mol. The van der Waals surface area contributed by atoms with E-state index < -0.39 is 0 Å². The number of likely N-dealkylation sites (N-methyl/N-ethyl adjacent to an activating group) is 1. The minimum atomic E-state index is 0.243. The Hall–Kier alpha value is -0.860. The molecule has 0 saturated heterocycles. The fourth-order valence-electron chi connectivity index (χ4n) is 2.00. The van der Waals surface area contributed by atoms with E-state index in [9.17, 15) is 0 Å². The SMILES string of the molecule is CNC1c2ccccc2CC1N. The van der Waals surface area contributed by atoms with Crippen LogP contribution in [0, 0.1) is 0 Å². The molecule has 0 amide bonds. The van der Waals surface area contributed by atoms with Gasteiger partial charge in [-0.25, -0.2) is 0 Å². The molecule has 0 fully saturated rings. The number of nitrogens with two attached hydrogens (primary N) is 1. The molecule has 2 heteroatoms. The van der Waals surface area contributed by atoms with Crippen LogP contribution in [0.25, 0.3) is 0 Å². The Labute approximate surface area is 72.8 Å². The lowest BCUT2D eigenvalue weighted by Crippen LogP contribution is -2.32. The van der Waals surface area contributed by atoms with E-state index in [1.54, 1.807) is 0 Å². The Morgan fingerprint density at radius 1 is 1.42 bits per heavy atom. The molecule has 1 aromatic carbocycles. The van der Waals surface area contributed by atoms with E-state index in [0.717, 1.165) is 6.42 Å². The van der Waals surface area contributed by atoms with Crippen LogP contribution in [-0.2, 0) is 6.42 Å². The third kappa shape index (κ3) is 1.04. The highest BCUT2D eigenvalue weighted by Crippen LogP contribution is 2.29. The normalized spacial score (nSPS) is 27.2. The van der Waals surface area contributed by atoms with E-state index in [1.807, 2.05) is 7.05 Å². The van der Waals surface area contributed by atoms with Gasteiger partial charge in [-0.3, -0.25) is 0 Å². The first kappa shape index (κ1) is 7.77. The largest absolute Gasteiger partial charge is 0.326 e. The lowest BCUT2D eigenvalue weighted by molar-refractivity contribution is 0.511. The second-order valence-electron chi connectivity index (χ2n) is 3.33. The highest BCUT2D eigenvalue weighted by molar-refractivity contribution is 5.36. The van der Waals surface area contributed by atoms with Gasteiger partial charge in [0, 0.05) is 12.1 Å². The molecular formula is C10H14N2. The molecule has 0 heterocycles. The van der Waals surface area contributed by atoms with E-state index in [1.165, 1.54) is 11.1 Å². The van der Waals surface area contributed by atoms with Crippen molar-refractivity contribution in [1.82, 2.24) is 5.32 Å². The van der Waals surface area contributed by atoms with Gasteiger partial charge in [0.25, 0.3) is 0 Å². The Morgan fingerprint density at radius 3 is 2.92 bits per heavy atom. The van der Waals surface area contributed by atoms with Gasteiger partial charge in [0.1, 0.15) is 0 Å². The number of nitrogens with one attached hydrogen (secondary N) is 1. The molecule has 1 aromatic rings. The van der Waals surface area contributed by atoms with Gasteiger partial charge >= 0.3 is 0 Å². The molecule has 0 bridgehead atoms. The van der Waals surface area contributed by atoms with Crippen molar-refractivity contribution in [2.24, 2.45) is 5.73 Å². The fraction of sp³-hybridized carbons (Fsp3) is 0.400. The minimum Gasteiger partial charge on any atom is -0.326 e. The van der Waals surface area contributed by atoms with Crippen LogP contribution in [0.15, 0.2) is 24.3 Å². The number of rotatable bonds is 1. The van der Waals surface area contributed by atoms with Crippen LogP contribution in [0.2, 0.25) is 0 Å². The van der Waals surface area contributed by atoms with Gasteiger partial charge in [0.2, 0.25) is 0 Å². The van der Waals surface area contributed by atoms with Crippen molar-refractivity contribution in [3.05, 3.63) is 35.4 Å². The third-order valence-corrected chi connectivity index (χ3v) is 2.58. The molecule has 2 rings (SSSR count). The monoisotopic (exact) mass is 162 g/mol. The van der Waals surface area contributed by atoms with Crippen LogP contribution in [-0.4, -0.2) is 13.1 Å². The average molecular weight is 162 g/mol. The number of hydrogen-bond donors (Lipinski definition) is 2. The first-order valence-corrected chi connectivity index (χ1v) is 4.33. The maximum Gasteiger partial charge on any atom is 0.0477 e. The van der Waals surface area contributed by atoms with Gasteiger partial charge in [0.15, 0.2) is 0 Å². The van der Waals surface area contributed by atoms with Crippen molar-refractivity contribution in [3.8, 4) is 0 Å². The minimum absolute atomic E-state index is 0.243. The van der Waals surface area contributed by atoms with E-state index in [0.29, 0.717) is 6.04 Å². The second kappa shape index (κ2) is 2.88. The van der Waals surface area contributed by atoms with Crippen molar-refractivity contribution in [1.29, 1.82) is 0 Å². The lowest BCUT2D eigenvalue weighted by atomic mass is 10.1. The molecule has 12 heavy (non-hydrogen) atoms. The van der Waals surface area contributed by atoms with E-state index >= 15 is 0 Å². The van der Waals surface area contributed by atoms with Crippen molar-refractivity contribution in [2.75, 3.05) is 7.05 Å². The Morgan fingerprint density at radius 2 is 2.17 bits per heavy atom. The van der Waals surface area contributed by atoms with Crippen molar-refractivity contribution >= 4 is 0 Å². The molecule has 2 unspecified atom stereocenters. The highest BCUT2D eigenvalue weighted by Gasteiger charge is 2.27. The molecule has 2 atom stereocenters. The highest BCUT2D eigenvalue weighted by atomic mass is 14.9. The Balaban J connectivity index is 2.40. The predicted molar refractivity (Wildman–Crippen MR) is 49.9 cm³/mol. The summed E-state index contributed by atoms with van der Waals surface area (Å²) in [4.78, 5) is 0. The number of benzene rings is 1. The summed E-state index contributed by atoms with van der Waals surface area (Å²) in [6.45, 7) is 0. The van der Waals surface area contributed by atoms with Crippen LogP contribution in [0.3, 0.4) is 0 Å². The summed E-state index contributed by atoms with van der Waals surface area (Å²) >= 11 is 0. The number of fused-ring (bicyclic) bond motifs is 1. The first-order chi connectivity index (χ1) is 5.83. The maximum atomic E-state index is 5.98. The molecule has 0 aromatic heterocycles.